The van der Waals surface area contributed by atoms with Gasteiger partial charge < -0.3 is 10.2 Å². The van der Waals surface area contributed by atoms with Crippen LogP contribution in [-0.2, 0) is 0 Å². The molecule has 0 saturated heterocycles. The molecule has 0 aliphatic rings. The largest absolute Gasteiger partial charge is 0.504 e. The third-order valence-corrected chi connectivity index (χ3v) is 5.36. The molecule has 0 spiro atoms. The third kappa shape index (κ3) is 4.44. The van der Waals surface area contributed by atoms with Crippen LogP contribution in [0.1, 0.15) is 5.56 Å². The number of phenolic OH excluding ortho intramolecular Hbond substituents is 2. The molecule has 2 aromatic carbocycles. The van der Waals surface area contributed by atoms with E-state index in [-0.39, 0.29) is 11.5 Å². The van der Waals surface area contributed by atoms with Gasteiger partial charge in [0.15, 0.2) is 11.5 Å². The molecule has 0 saturated carbocycles. The lowest BCUT2D eigenvalue weighted by atomic mass is 10.2. The molecule has 0 amide bonds. The summed E-state index contributed by atoms with van der Waals surface area (Å²) in [7, 11) is 0. The number of thiazole rings is 1. The molecule has 4 aromatic rings. The zero-order valence-electron chi connectivity index (χ0n) is 15.0. The van der Waals surface area contributed by atoms with Crippen molar-refractivity contribution in [2.75, 3.05) is 0 Å². The van der Waals surface area contributed by atoms with E-state index >= 15 is 0 Å². The number of aromatic hydroxyl groups is 2. The maximum absolute atomic E-state index is 9.72. The van der Waals surface area contributed by atoms with E-state index in [9.17, 15) is 10.2 Å². The number of hydrogen-bond donors (Lipinski definition) is 2. The van der Waals surface area contributed by atoms with Crippen LogP contribution in [0.4, 0.5) is 5.69 Å². The average molecular weight is 467 g/mol. The first-order valence-corrected chi connectivity index (χ1v) is 10.2. The SMILES string of the molecule is Oc1ccc(C=Nn2c(-c3ccc(Br)cc3)csc2=Nc2cccnc2)cc1O. The summed E-state index contributed by atoms with van der Waals surface area (Å²) in [5.74, 6) is -0.370. The lowest BCUT2D eigenvalue weighted by Gasteiger charge is -2.04. The highest BCUT2D eigenvalue weighted by atomic mass is 79.9. The van der Waals surface area contributed by atoms with Gasteiger partial charge in [0.1, 0.15) is 0 Å². The van der Waals surface area contributed by atoms with Crippen LogP contribution >= 0.6 is 27.3 Å². The second kappa shape index (κ2) is 8.42. The molecule has 0 aliphatic heterocycles. The Hall–Kier alpha value is -3.23. The van der Waals surface area contributed by atoms with Crippen molar-refractivity contribution in [1.29, 1.82) is 0 Å². The van der Waals surface area contributed by atoms with Crippen molar-refractivity contribution in [3.05, 3.63) is 87.2 Å². The number of hydrogen-bond acceptors (Lipinski definition) is 6. The zero-order valence-corrected chi connectivity index (χ0v) is 17.4. The first-order chi connectivity index (χ1) is 14.1. The van der Waals surface area contributed by atoms with Gasteiger partial charge in [0, 0.05) is 21.6 Å². The minimum atomic E-state index is -0.197. The number of benzene rings is 2. The third-order valence-electron chi connectivity index (χ3n) is 4.02. The highest BCUT2D eigenvalue weighted by Crippen LogP contribution is 2.25. The number of halogens is 1. The predicted octanol–water partition coefficient (Wildman–Crippen LogP) is 4.90. The predicted molar refractivity (Wildman–Crippen MR) is 118 cm³/mol. The van der Waals surface area contributed by atoms with Crippen molar-refractivity contribution in [3.63, 3.8) is 0 Å². The summed E-state index contributed by atoms with van der Waals surface area (Å²) in [6.45, 7) is 0. The van der Waals surface area contributed by atoms with Gasteiger partial charge in [-0.25, -0.2) is 9.67 Å². The molecule has 0 radical (unpaired) electrons. The fourth-order valence-electron chi connectivity index (χ4n) is 2.58. The zero-order chi connectivity index (χ0) is 20.2. The van der Waals surface area contributed by atoms with Gasteiger partial charge in [-0.2, -0.15) is 5.10 Å². The second-order valence-corrected chi connectivity index (χ2v) is 7.79. The molecular weight excluding hydrogens is 452 g/mol. The lowest BCUT2D eigenvalue weighted by Crippen LogP contribution is -2.11. The molecule has 144 valence electrons. The standard InChI is InChI=1S/C21H15BrN4O2S/c22-16-6-4-15(5-7-16)18-13-29-21(25-17-2-1-9-23-12-17)26(18)24-11-14-3-8-19(27)20(28)10-14/h1-13,27-28H. The maximum atomic E-state index is 9.72. The first-order valence-electron chi connectivity index (χ1n) is 8.58. The molecule has 2 N–H and O–H groups in total. The van der Waals surface area contributed by atoms with E-state index in [1.54, 1.807) is 29.4 Å². The highest BCUT2D eigenvalue weighted by molar-refractivity contribution is 9.10. The smallest absolute Gasteiger partial charge is 0.211 e. The van der Waals surface area contributed by atoms with Gasteiger partial charge in [-0.05, 0) is 48.0 Å². The fraction of sp³-hybridized carbons (Fsp3) is 0. The Balaban J connectivity index is 1.83. The maximum Gasteiger partial charge on any atom is 0.211 e. The molecule has 6 nitrogen and oxygen atoms in total. The molecule has 4 rings (SSSR count). The Morgan fingerprint density at radius 2 is 1.86 bits per heavy atom. The molecule has 29 heavy (non-hydrogen) atoms. The molecule has 0 fully saturated rings. The van der Waals surface area contributed by atoms with Crippen molar-refractivity contribution in [2.45, 2.75) is 0 Å². The topological polar surface area (TPSA) is 83.0 Å². The average Bonchev–Trinajstić information content (AvgIpc) is 3.12. The minimum absolute atomic E-state index is 0.173. The van der Waals surface area contributed by atoms with E-state index in [4.69, 9.17) is 0 Å². The first kappa shape index (κ1) is 19.1. The Morgan fingerprint density at radius 1 is 1.03 bits per heavy atom. The molecule has 0 aliphatic carbocycles. The van der Waals surface area contributed by atoms with Gasteiger partial charge in [0.25, 0.3) is 0 Å². The Labute approximate surface area is 178 Å². The fourth-order valence-corrected chi connectivity index (χ4v) is 3.70. The number of aromatic nitrogens is 2. The number of nitrogens with zero attached hydrogens (tertiary/aromatic N) is 4. The summed E-state index contributed by atoms with van der Waals surface area (Å²) in [5.41, 5.74) is 3.24. The van der Waals surface area contributed by atoms with E-state index < -0.39 is 0 Å². The van der Waals surface area contributed by atoms with Crippen molar-refractivity contribution in [3.8, 4) is 22.8 Å². The minimum Gasteiger partial charge on any atom is -0.504 e. The van der Waals surface area contributed by atoms with Crippen LogP contribution in [-0.4, -0.2) is 26.1 Å². The molecule has 2 heterocycles. The summed E-state index contributed by atoms with van der Waals surface area (Å²) in [4.78, 5) is 9.43. The molecular formula is C21H15BrN4O2S. The van der Waals surface area contributed by atoms with Crippen LogP contribution in [0.25, 0.3) is 11.3 Å². The summed E-state index contributed by atoms with van der Waals surface area (Å²) < 4.78 is 2.73. The number of rotatable bonds is 4. The number of phenols is 2. The Morgan fingerprint density at radius 3 is 2.59 bits per heavy atom. The second-order valence-electron chi connectivity index (χ2n) is 6.04. The van der Waals surface area contributed by atoms with E-state index in [0.29, 0.717) is 10.4 Å². The van der Waals surface area contributed by atoms with Crippen LogP contribution in [0.5, 0.6) is 11.5 Å². The van der Waals surface area contributed by atoms with Crippen molar-refractivity contribution in [2.24, 2.45) is 10.1 Å². The molecule has 8 heteroatoms. The van der Waals surface area contributed by atoms with Crippen molar-refractivity contribution >= 4 is 39.2 Å². The van der Waals surface area contributed by atoms with Crippen LogP contribution in [0, 0.1) is 0 Å². The van der Waals surface area contributed by atoms with Crippen LogP contribution in [0.3, 0.4) is 0 Å². The van der Waals surface area contributed by atoms with Crippen LogP contribution < -0.4 is 4.80 Å². The van der Waals surface area contributed by atoms with Crippen LogP contribution in [0.15, 0.2) is 86.9 Å². The van der Waals surface area contributed by atoms with Gasteiger partial charge in [0.2, 0.25) is 4.80 Å². The van der Waals surface area contributed by atoms with Gasteiger partial charge >= 0.3 is 0 Å². The van der Waals surface area contributed by atoms with Crippen LogP contribution in [0.2, 0.25) is 0 Å². The van der Waals surface area contributed by atoms with E-state index in [1.807, 2.05) is 41.8 Å². The Kier molecular flexibility index (Phi) is 5.55. The van der Waals surface area contributed by atoms with Crippen molar-refractivity contribution < 1.29 is 10.2 Å². The molecule has 0 unspecified atom stereocenters. The summed E-state index contributed by atoms with van der Waals surface area (Å²) in [6, 6.07) is 16.2. The highest BCUT2D eigenvalue weighted by Gasteiger charge is 2.08. The number of pyridine rings is 1. The summed E-state index contributed by atoms with van der Waals surface area (Å²) in [6.07, 6.45) is 4.99. The normalized spacial score (nSPS) is 12.0. The summed E-state index contributed by atoms with van der Waals surface area (Å²) in [5, 5.41) is 25.8. The van der Waals surface area contributed by atoms with E-state index in [0.717, 1.165) is 21.4 Å². The molecule has 0 atom stereocenters. The Bertz CT molecular complexity index is 1230. The van der Waals surface area contributed by atoms with Gasteiger partial charge in [0.05, 0.1) is 23.8 Å². The monoisotopic (exact) mass is 466 g/mol. The van der Waals surface area contributed by atoms with Gasteiger partial charge in [-0.1, -0.05) is 28.1 Å². The lowest BCUT2D eigenvalue weighted by molar-refractivity contribution is 0.403. The van der Waals surface area contributed by atoms with E-state index in [2.05, 4.69) is 31.0 Å². The molecule has 2 aromatic heterocycles. The van der Waals surface area contributed by atoms with Gasteiger partial charge in [-0.3, -0.25) is 4.98 Å². The summed E-state index contributed by atoms with van der Waals surface area (Å²) >= 11 is 4.92. The van der Waals surface area contributed by atoms with Crippen molar-refractivity contribution in [1.82, 2.24) is 9.66 Å². The van der Waals surface area contributed by atoms with Gasteiger partial charge in [-0.15, -0.1) is 11.3 Å². The van der Waals surface area contributed by atoms with E-state index in [1.165, 1.54) is 23.5 Å². The quantitative estimate of drug-likeness (QED) is 0.331. The molecule has 0 bridgehead atoms.